The van der Waals surface area contributed by atoms with Gasteiger partial charge in [-0.25, -0.2) is 0 Å². The van der Waals surface area contributed by atoms with E-state index in [4.69, 9.17) is 0 Å². The number of hydrogen-bond acceptors (Lipinski definition) is 4. The summed E-state index contributed by atoms with van der Waals surface area (Å²) in [5.41, 5.74) is 0.0942. The van der Waals surface area contributed by atoms with Gasteiger partial charge in [0.1, 0.15) is 5.78 Å². The maximum Gasteiger partial charge on any atom is 0.178 e. The van der Waals surface area contributed by atoms with Crippen molar-refractivity contribution in [2.75, 3.05) is 0 Å². The Labute approximate surface area is 88.9 Å². The van der Waals surface area contributed by atoms with Crippen molar-refractivity contribution in [3.63, 3.8) is 0 Å². The second-order valence-electron chi connectivity index (χ2n) is 4.92. The number of carbonyl (C=O) groups is 1. The minimum Gasteiger partial charge on any atom is -0.300 e. The summed E-state index contributed by atoms with van der Waals surface area (Å²) in [5, 5.41) is 12.1. The predicted molar refractivity (Wildman–Crippen MR) is 54.2 cm³/mol. The van der Waals surface area contributed by atoms with Gasteiger partial charge in [-0.15, -0.1) is 10.2 Å². The second kappa shape index (κ2) is 3.40. The average molecular weight is 208 g/mol. The zero-order valence-corrected chi connectivity index (χ0v) is 9.40. The van der Waals surface area contributed by atoms with Crippen LogP contribution in [-0.2, 0) is 11.8 Å². The van der Waals surface area contributed by atoms with Crippen LogP contribution < -0.4 is 0 Å². The molecule has 0 bridgehead atoms. The number of rotatable bonds is 1. The molecule has 0 aliphatic heterocycles. The van der Waals surface area contributed by atoms with E-state index in [9.17, 15) is 4.79 Å². The number of nitrogens with zero attached hydrogens (tertiary/aromatic N) is 4. The molecule has 1 aliphatic rings. The van der Waals surface area contributed by atoms with Gasteiger partial charge >= 0.3 is 0 Å². The van der Waals surface area contributed by atoms with Crippen molar-refractivity contribution < 1.29 is 4.79 Å². The molecule has 82 valence electrons. The molecule has 1 aromatic heterocycles. The van der Waals surface area contributed by atoms with Crippen LogP contribution >= 0.6 is 0 Å². The molecule has 2 rings (SSSR count). The Morgan fingerprint density at radius 2 is 2.20 bits per heavy atom. The van der Waals surface area contributed by atoms with Crippen LogP contribution in [0.3, 0.4) is 0 Å². The molecule has 0 N–H and O–H groups in total. The Bertz CT molecular complexity index is 383. The molecular weight excluding hydrogens is 192 g/mol. The third-order valence-corrected chi connectivity index (χ3v) is 3.26. The summed E-state index contributed by atoms with van der Waals surface area (Å²) in [6.07, 6.45) is 2.15. The molecule has 0 saturated heterocycles. The van der Waals surface area contributed by atoms with Crippen molar-refractivity contribution in [1.82, 2.24) is 20.2 Å². The van der Waals surface area contributed by atoms with Crippen LogP contribution in [0.5, 0.6) is 0 Å². The lowest BCUT2D eigenvalue weighted by Crippen LogP contribution is -2.31. The Balaban J connectivity index is 2.29. The fraction of sp³-hybridized carbons (Fsp3) is 0.800. The van der Waals surface area contributed by atoms with E-state index in [1.165, 1.54) is 4.80 Å². The fourth-order valence-electron chi connectivity index (χ4n) is 2.12. The minimum absolute atomic E-state index is 0.0942. The summed E-state index contributed by atoms with van der Waals surface area (Å²) in [7, 11) is 1.74. The number of hydrogen-bond donors (Lipinski definition) is 0. The highest BCUT2D eigenvalue weighted by Crippen LogP contribution is 2.44. The molecular formula is C10H16N4O. The summed E-state index contributed by atoms with van der Waals surface area (Å²) in [6, 6.07) is 0. The van der Waals surface area contributed by atoms with Crippen LogP contribution in [0.4, 0.5) is 0 Å². The molecule has 5 heteroatoms. The Kier molecular flexibility index (Phi) is 2.32. The molecule has 0 aromatic carbocycles. The summed E-state index contributed by atoms with van der Waals surface area (Å²) >= 11 is 0. The molecule has 1 fully saturated rings. The van der Waals surface area contributed by atoms with Gasteiger partial charge in [0.2, 0.25) is 0 Å². The lowest BCUT2D eigenvalue weighted by atomic mass is 9.68. The highest BCUT2D eigenvalue weighted by molar-refractivity contribution is 5.80. The van der Waals surface area contributed by atoms with E-state index >= 15 is 0 Å². The number of carbonyl (C=O) groups excluding carboxylic acids is 1. The summed E-state index contributed by atoms with van der Waals surface area (Å²) in [4.78, 5) is 12.9. The first-order valence-electron chi connectivity index (χ1n) is 5.24. The highest BCUT2D eigenvalue weighted by Gasteiger charge is 2.39. The highest BCUT2D eigenvalue weighted by atomic mass is 16.1. The quantitative estimate of drug-likeness (QED) is 0.692. The van der Waals surface area contributed by atoms with Crippen LogP contribution in [0.25, 0.3) is 0 Å². The van der Waals surface area contributed by atoms with E-state index in [1.54, 1.807) is 7.05 Å². The first-order valence-corrected chi connectivity index (χ1v) is 5.24. The molecule has 0 spiro atoms. The predicted octanol–water partition coefficient (Wildman–Crippen LogP) is 1.07. The Morgan fingerprint density at radius 3 is 2.80 bits per heavy atom. The molecule has 1 unspecified atom stereocenters. The molecule has 1 heterocycles. The SMILES string of the molecule is Cn1nnc(C2CC(=O)CCC2(C)C)n1. The van der Waals surface area contributed by atoms with Crippen LogP contribution in [-0.4, -0.2) is 26.0 Å². The van der Waals surface area contributed by atoms with Crippen molar-refractivity contribution in [3.8, 4) is 0 Å². The molecule has 0 radical (unpaired) electrons. The molecule has 1 atom stereocenters. The van der Waals surface area contributed by atoms with E-state index in [-0.39, 0.29) is 11.3 Å². The van der Waals surface area contributed by atoms with E-state index in [0.29, 0.717) is 24.4 Å². The third-order valence-electron chi connectivity index (χ3n) is 3.26. The first-order chi connectivity index (χ1) is 6.99. The van der Waals surface area contributed by atoms with Crippen LogP contribution in [0.15, 0.2) is 0 Å². The summed E-state index contributed by atoms with van der Waals surface area (Å²) < 4.78 is 0. The van der Waals surface area contributed by atoms with Gasteiger partial charge in [-0.1, -0.05) is 13.8 Å². The van der Waals surface area contributed by atoms with Crippen LogP contribution in [0, 0.1) is 5.41 Å². The van der Waals surface area contributed by atoms with Gasteiger partial charge in [0.15, 0.2) is 5.82 Å². The molecule has 5 nitrogen and oxygen atoms in total. The van der Waals surface area contributed by atoms with E-state index in [2.05, 4.69) is 29.3 Å². The number of Topliss-reactive ketones (excluding diaryl/α,β-unsaturated/α-hetero) is 1. The minimum atomic E-state index is 0.0942. The van der Waals surface area contributed by atoms with Gasteiger partial charge in [-0.3, -0.25) is 4.79 Å². The maximum atomic E-state index is 11.5. The van der Waals surface area contributed by atoms with Crippen molar-refractivity contribution >= 4 is 5.78 Å². The standard InChI is InChI=1S/C10H16N4O/c1-10(2)5-4-7(15)6-8(10)9-11-13-14(3)12-9/h8H,4-6H2,1-3H3. The molecule has 15 heavy (non-hydrogen) atoms. The van der Waals surface area contributed by atoms with Crippen molar-refractivity contribution in [1.29, 1.82) is 0 Å². The lowest BCUT2D eigenvalue weighted by molar-refractivity contribution is -0.122. The number of aryl methyl sites for hydroxylation is 1. The van der Waals surface area contributed by atoms with E-state index in [0.717, 1.165) is 6.42 Å². The smallest absolute Gasteiger partial charge is 0.178 e. The molecule has 1 saturated carbocycles. The monoisotopic (exact) mass is 208 g/mol. The first kappa shape index (κ1) is 10.3. The average Bonchev–Trinajstić information content (AvgIpc) is 2.56. The number of aromatic nitrogens is 4. The zero-order chi connectivity index (χ0) is 11.1. The van der Waals surface area contributed by atoms with Gasteiger partial charge in [0.05, 0.1) is 7.05 Å². The Morgan fingerprint density at radius 1 is 1.47 bits per heavy atom. The normalized spacial score (nSPS) is 25.5. The third kappa shape index (κ3) is 1.91. The van der Waals surface area contributed by atoms with E-state index < -0.39 is 0 Å². The van der Waals surface area contributed by atoms with Crippen molar-refractivity contribution in [2.24, 2.45) is 12.5 Å². The Hall–Kier alpha value is -1.26. The van der Waals surface area contributed by atoms with Crippen molar-refractivity contribution in [2.45, 2.75) is 39.0 Å². The van der Waals surface area contributed by atoms with Crippen molar-refractivity contribution in [3.05, 3.63) is 5.82 Å². The summed E-state index contributed by atoms with van der Waals surface area (Å²) in [5.74, 6) is 1.13. The molecule has 1 aromatic rings. The maximum absolute atomic E-state index is 11.5. The number of tetrazole rings is 1. The van der Waals surface area contributed by atoms with Crippen LogP contribution in [0.1, 0.15) is 44.9 Å². The van der Waals surface area contributed by atoms with E-state index in [1.807, 2.05) is 0 Å². The van der Waals surface area contributed by atoms with Gasteiger partial charge in [0.25, 0.3) is 0 Å². The molecule has 0 amide bonds. The topological polar surface area (TPSA) is 60.7 Å². The van der Waals surface area contributed by atoms with Gasteiger partial charge in [-0.2, -0.15) is 4.80 Å². The largest absolute Gasteiger partial charge is 0.300 e. The lowest BCUT2D eigenvalue weighted by Gasteiger charge is -2.35. The van der Waals surface area contributed by atoms with Gasteiger partial charge in [0, 0.05) is 18.8 Å². The van der Waals surface area contributed by atoms with Gasteiger partial charge in [-0.05, 0) is 17.0 Å². The number of ketones is 1. The second-order valence-corrected chi connectivity index (χ2v) is 4.92. The summed E-state index contributed by atoms with van der Waals surface area (Å²) in [6.45, 7) is 4.33. The van der Waals surface area contributed by atoms with Crippen LogP contribution in [0.2, 0.25) is 0 Å². The molecule has 1 aliphatic carbocycles. The fourth-order valence-corrected chi connectivity index (χ4v) is 2.12. The zero-order valence-electron chi connectivity index (χ0n) is 9.40. The van der Waals surface area contributed by atoms with Gasteiger partial charge < -0.3 is 0 Å².